The molecule has 2 aromatic carbocycles. The highest BCUT2D eigenvalue weighted by molar-refractivity contribution is 7.99. The van der Waals surface area contributed by atoms with Crippen molar-refractivity contribution in [3.63, 3.8) is 0 Å². The van der Waals surface area contributed by atoms with Crippen LogP contribution in [0, 0.1) is 0 Å². The summed E-state index contributed by atoms with van der Waals surface area (Å²) in [5.41, 5.74) is 6.00. The van der Waals surface area contributed by atoms with Gasteiger partial charge in [-0.25, -0.2) is 9.59 Å². The third-order valence-electron chi connectivity index (χ3n) is 4.85. The van der Waals surface area contributed by atoms with Crippen LogP contribution < -0.4 is 0 Å². The number of hydrogen-bond donors (Lipinski definition) is 2. The average Bonchev–Trinajstić information content (AvgIpc) is 2.72. The summed E-state index contributed by atoms with van der Waals surface area (Å²) in [5.74, 6) is -2.51. The molecular weight excluding hydrogens is 386 g/mol. The van der Waals surface area contributed by atoms with Gasteiger partial charge in [0.1, 0.15) is 0 Å². The maximum atomic E-state index is 9.55. The van der Waals surface area contributed by atoms with E-state index >= 15 is 0 Å². The van der Waals surface area contributed by atoms with Crippen LogP contribution in [0.5, 0.6) is 0 Å². The molecule has 2 heterocycles. The van der Waals surface area contributed by atoms with E-state index in [0.717, 1.165) is 0 Å². The maximum absolute atomic E-state index is 9.55. The van der Waals surface area contributed by atoms with Crippen molar-refractivity contribution in [2.24, 2.45) is 0 Å². The quantitative estimate of drug-likeness (QED) is 0.611. The topological polar surface area (TPSA) is 77.8 Å². The van der Waals surface area contributed by atoms with Crippen LogP contribution in [0.4, 0.5) is 0 Å². The fraction of sp³-hybridized carbons (Fsp3) is 0.217. The molecule has 5 nitrogen and oxygen atoms in total. The number of aliphatic carboxylic acids is 2. The van der Waals surface area contributed by atoms with Crippen molar-refractivity contribution < 1.29 is 19.8 Å². The van der Waals surface area contributed by atoms with Crippen LogP contribution in [0.15, 0.2) is 76.0 Å². The summed E-state index contributed by atoms with van der Waals surface area (Å²) in [7, 11) is 2.22. The lowest BCUT2D eigenvalue weighted by atomic mass is 9.88. The first-order valence-corrected chi connectivity index (χ1v) is 10.2. The predicted octanol–water partition coefficient (Wildman–Crippen LogP) is 4.39. The monoisotopic (exact) mass is 409 g/mol. The first-order valence-electron chi connectivity index (χ1n) is 9.37. The predicted molar refractivity (Wildman–Crippen MR) is 114 cm³/mol. The Kier molecular flexibility index (Phi) is 6.90. The van der Waals surface area contributed by atoms with Crippen molar-refractivity contribution in [2.75, 3.05) is 20.1 Å². The molecule has 0 atom stereocenters. The Morgan fingerprint density at radius 1 is 0.862 bits per heavy atom. The lowest BCUT2D eigenvalue weighted by Crippen LogP contribution is -2.27. The summed E-state index contributed by atoms with van der Waals surface area (Å²) in [5, 5.41) is 15.6. The molecule has 2 aliphatic heterocycles. The molecule has 6 heteroatoms. The highest BCUT2D eigenvalue weighted by atomic mass is 32.2. The smallest absolute Gasteiger partial charge is 0.328 e. The number of carboxylic acid groups (broad SMARTS) is 2. The number of benzene rings is 2. The molecule has 0 radical (unpaired) electrons. The van der Waals surface area contributed by atoms with Crippen molar-refractivity contribution in [3.05, 3.63) is 77.4 Å². The molecule has 1 fully saturated rings. The number of carboxylic acids is 2. The molecule has 1 saturated heterocycles. The Morgan fingerprint density at radius 2 is 1.31 bits per heavy atom. The van der Waals surface area contributed by atoms with Gasteiger partial charge >= 0.3 is 11.9 Å². The minimum Gasteiger partial charge on any atom is -0.478 e. The molecule has 0 aliphatic carbocycles. The largest absolute Gasteiger partial charge is 0.478 e. The lowest BCUT2D eigenvalue weighted by Gasteiger charge is -2.30. The molecule has 150 valence electrons. The number of rotatable bonds is 2. The Balaban J connectivity index is 0.000000258. The Hall–Kier alpha value is -2.83. The van der Waals surface area contributed by atoms with E-state index in [1.54, 1.807) is 5.57 Å². The standard InChI is InChI=1S/C19H19NS.C4H4O4/c1-20-12-10-14(11-13-20)19-15-6-2-4-8-17(15)21-18-9-5-3-7-16(18)19;5-3(6)1-2-4(7)8/h2-9H,10-13H2,1H3;1-2H,(H,5,6)(H,7,8)/b;2-1-. The molecule has 4 rings (SSSR count). The average molecular weight is 410 g/mol. The maximum Gasteiger partial charge on any atom is 0.328 e. The lowest BCUT2D eigenvalue weighted by molar-refractivity contribution is -0.134. The zero-order valence-corrected chi connectivity index (χ0v) is 17.0. The highest BCUT2D eigenvalue weighted by Gasteiger charge is 2.24. The van der Waals surface area contributed by atoms with Gasteiger partial charge in [-0.2, -0.15) is 0 Å². The van der Waals surface area contributed by atoms with E-state index in [1.165, 1.54) is 52.4 Å². The summed E-state index contributed by atoms with van der Waals surface area (Å²) >= 11 is 1.91. The van der Waals surface area contributed by atoms with E-state index in [1.807, 2.05) is 11.8 Å². The SMILES string of the molecule is CN1CCC(=C2c3ccccc3Sc3ccccc32)CC1.O=C(O)/C=C\C(=O)O. The molecular formula is C23H23NO4S. The molecule has 0 unspecified atom stereocenters. The molecule has 0 amide bonds. The number of fused-ring (bicyclic) bond motifs is 2. The van der Waals surface area contributed by atoms with E-state index in [4.69, 9.17) is 10.2 Å². The van der Waals surface area contributed by atoms with E-state index in [2.05, 4.69) is 60.5 Å². The fourth-order valence-corrected chi connectivity index (χ4v) is 4.54. The molecule has 2 aromatic rings. The van der Waals surface area contributed by atoms with Gasteiger partial charge in [0.15, 0.2) is 0 Å². The summed E-state index contributed by atoms with van der Waals surface area (Å²) in [6, 6.07) is 17.7. The van der Waals surface area contributed by atoms with Crippen molar-refractivity contribution in [2.45, 2.75) is 22.6 Å². The number of piperidine rings is 1. The fourth-order valence-electron chi connectivity index (χ4n) is 3.45. The molecule has 2 N–H and O–H groups in total. The number of hydrogen-bond acceptors (Lipinski definition) is 4. The summed E-state index contributed by atoms with van der Waals surface area (Å²) in [6.45, 7) is 2.35. The zero-order valence-electron chi connectivity index (χ0n) is 16.2. The highest BCUT2D eigenvalue weighted by Crippen LogP contribution is 2.47. The van der Waals surface area contributed by atoms with Gasteiger partial charge in [-0.05, 0) is 48.7 Å². The van der Waals surface area contributed by atoms with Crippen LogP contribution in [-0.2, 0) is 9.59 Å². The van der Waals surface area contributed by atoms with E-state index in [-0.39, 0.29) is 0 Å². The van der Waals surface area contributed by atoms with Gasteiger partial charge in [0.25, 0.3) is 0 Å². The summed E-state index contributed by atoms with van der Waals surface area (Å²) in [4.78, 5) is 24.3. The van der Waals surface area contributed by atoms with Gasteiger partial charge in [-0.15, -0.1) is 0 Å². The minimum absolute atomic E-state index is 0.558. The van der Waals surface area contributed by atoms with E-state index in [9.17, 15) is 9.59 Å². The van der Waals surface area contributed by atoms with E-state index in [0.29, 0.717) is 12.2 Å². The number of likely N-dealkylation sites (tertiary alicyclic amines) is 1. The molecule has 29 heavy (non-hydrogen) atoms. The second kappa shape index (κ2) is 9.58. The van der Waals surface area contributed by atoms with Gasteiger partial charge in [-0.1, -0.05) is 53.7 Å². The zero-order chi connectivity index (χ0) is 20.8. The summed E-state index contributed by atoms with van der Waals surface area (Å²) in [6.07, 6.45) is 3.50. The Bertz CT molecular complexity index is 907. The van der Waals surface area contributed by atoms with Crippen molar-refractivity contribution >= 4 is 29.3 Å². The van der Waals surface area contributed by atoms with Crippen molar-refractivity contribution in [3.8, 4) is 0 Å². The molecule has 0 aromatic heterocycles. The van der Waals surface area contributed by atoms with Gasteiger partial charge in [-0.3, -0.25) is 0 Å². The van der Waals surface area contributed by atoms with Crippen LogP contribution in [0.1, 0.15) is 24.0 Å². The van der Waals surface area contributed by atoms with Crippen LogP contribution in [0.25, 0.3) is 5.57 Å². The van der Waals surface area contributed by atoms with Crippen molar-refractivity contribution in [1.82, 2.24) is 4.90 Å². The minimum atomic E-state index is -1.26. The second-order valence-corrected chi connectivity index (χ2v) is 7.97. The molecule has 0 bridgehead atoms. The summed E-state index contributed by atoms with van der Waals surface area (Å²) < 4.78 is 0. The van der Waals surface area contributed by atoms with Gasteiger partial charge in [0.2, 0.25) is 0 Å². The van der Waals surface area contributed by atoms with Crippen LogP contribution >= 0.6 is 11.8 Å². The van der Waals surface area contributed by atoms with E-state index < -0.39 is 11.9 Å². The van der Waals surface area contributed by atoms with Crippen molar-refractivity contribution in [1.29, 1.82) is 0 Å². The first-order chi connectivity index (χ1) is 14.0. The van der Waals surface area contributed by atoms with Crippen LogP contribution in [0.3, 0.4) is 0 Å². The Morgan fingerprint density at radius 3 is 1.76 bits per heavy atom. The normalized spacial score (nSPS) is 15.9. The van der Waals surface area contributed by atoms with Gasteiger partial charge < -0.3 is 15.1 Å². The molecule has 0 saturated carbocycles. The first kappa shape index (κ1) is 20.9. The van der Waals surface area contributed by atoms with Gasteiger partial charge in [0.05, 0.1) is 0 Å². The van der Waals surface area contributed by atoms with Crippen LogP contribution in [-0.4, -0.2) is 47.2 Å². The number of carbonyl (C=O) groups is 2. The second-order valence-electron chi connectivity index (χ2n) is 6.89. The Labute approximate surface area is 174 Å². The van der Waals surface area contributed by atoms with Gasteiger partial charge in [0, 0.05) is 35.0 Å². The third kappa shape index (κ3) is 5.37. The van der Waals surface area contributed by atoms with Crippen LogP contribution in [0.2, 0.25) is 0 Å². The third-order valence-corrected chi connectivity index (χ3v) is 6.00. The molecule has 0 spiro atoms. The number of nitrogens with zero attached hydrogens (tertiary/aromatic N) is 1. The molecule has 2 aliphatic rings.